The Balaban J connectivity index is 1.95. The van der Waals surface area contributed by atoms with Crippen molar-refractivity contribution in [1.82, 2.24) is 4.98 Å². The molecule has 0 saturated heterocycles. The van der Waals surface area contributed by atoms with Gasteiger partial charge in [0, 0.05) is 22.5 Å². The van der Waals surface area contributed by atoms with Crippen LogP contribution in [0.1, 0.15) is 27.3 Å². The molecule has 0 radical (unpaired) electrons. The van der Waals surface area contributed by atoms with E-state index in [4.69, 9.17) is 0 Å². The third-order valence-corrected chi connectivity index (χ3v) is 4.57. The molecule has 0 spiro atoms. The topological polar surface area (TPSA) is 82.2 Å². The van der Waals surface area contributed by atoms with Crippen molar-refractivity contribution in [3.8, 4) is 11.1 Å². The molecule has 140 valence electrons. The number of carbonyl (C=O) groups excluding carboxylic acids is 1. The highest BCUT2D eigenvalue weighted by Crippen LogP contribution is 2.41. The van der Waals surface area contributed by atoms with Gasteiger partial charge in [-0.3, -0.25) is 4.79 Å². The smallest absolute Gasteiger partial charge is 0.337 e. The number of amides is 1. The summed E-state index contributed by atoms with van der Waals surface area (Å²) in [5.41, 5.74) is 2.22. The molecule has 1 amide bonds. The number of benzene rings is 2. The van der Waals surface area contributed by atoms with Gasteiger partial charge in [0.25, 0.3) is 5.91 Å². The van der Waals surface area contributed by atoms with E-state index < -0.39 is 23.5 Å². The summed E-state index contributed by atoms with van der Waals surface area (Å²) in [6.07, 6.45) is 1.42. The number of carbonyl (C=O) groups is 2. The van der Waals surface area contributed by atoms with Gasteiger partial charge in [-0.2, -0.15) is 0 Å². The number of nitrogens with one attached hydrogen (secondary N) is 2. The predicted octanol–water partition coefficient (Wildman–Crippen LogP) is 4.46. The van der Waals surface area contributed by atoms with Gasteiger partial charge in [-0.1, -0.05) is 24.3 Å². The van der Waals surface area contributed by atoms with Crippen molar-refractivity contribution < 1.29 is 23.5 Å². The van der Waals surface area contributed by atoms with E-state index in [9.17, 15) is 23.5 Å². The molecule has 0 bridgehead atoms. The highest BCUT2D eigenvalue weighted by Gasteiger charge is 2.29. The lowest BCUT2D eigenvalue weighted by Crippen LogP contribution is -2.04. The van der Waals surface area contributed by atoms with Gasteiger partial charge in [0.15, 0.2) is 11.6 Å². The number of aryl methyl sites for hydroxylation is 1. The van der Waals surface area contributed by atoms with Crippen LogP contribution in [-0.2, 0) is 4.79 Å². The van der Waals surface area contributed by atoms with Crippen LogP contribution in [0.4, 0.5) is 14.5 Å². The molecule has 2 heterocycles. The van der Waals surface area contributed by atoms with E-state index in [0.29, 0.717) is 22.5 Å². The van der Waals surface area contributed by atoms with Gasteiger partial charge in [-0.05, 0) is 36.8 Å². The maximum atomic E-state index is 14.4. The Morgan fingerprint density at radius 1 is 1.11 bits per heavy atom. The van der Waals surface area contributed by atoms with Crippen molar-refractivity contribution >= 4 is 29.2 Å². The summed E-state index contributed by atoms with van der Waals surface area (Å²) in [6.45, 7) is 1.70. The normalized spacial score (nSPS) is 14.2. The number of rotatable bonds is 3. The van der Waals surface area contributed by atoms with E-state index in [0.717, 1.165) is 6.07 Å². The van der Waals surface area contributed by atoms with E-state index in [1.807, 2.05) is 0 Å². The Morgan fingerprint density at radius 3 is 2.57 bits per heavy atom. The zero-order chi connectivity index (χ0) is 20.0. The van der Waals surface area contributed by atoms with Crippen LogP contribution in [0.25, 0.3) is 22.8 Å². The van der Waals surface area contributed by atoms with E-state index in [1.54, 1.807) is 25.1 Å². The number of carboxylic acids is 1. The van der Waals surface area contributed by atoms with Crippen molar-refractivity contribution in [2.75, 3.05) is 5.32 Å². The number of H-pyrrole nitrogens is 1. The molecule has 0 atom stereocenters. The number of anilines is 1. The van der Waals surface area contributed by atoms with Crippen LogP contribution in [0.3, 0.4) is 0 Å². The van der Waals surface area contributed by atoms with Gasteiger partial charge in [-0.25, -0.2) is 13.6 Å². The van der Waals surface area contributed by atoms with Crippen LogP contribution >= 0.6 is 0 Å². The summed E-state index contributed by atoms with van der Waals surface area (Å²) in [4.78, 5) is 26.9. The molecule has 0 aliphatic carbocycles. The summed E-state index contributed by atoms with van der Waals surface area (Å²) in [6, 6.07) is 10.1. The molecule has 2 aromatic carbocycles. The number of aromatic nitrogens is 1. The zero-order valence-corrected chi connectivity index (χ0v) is 14.6. The van der Waals surface area contributed by atoms with E-state index >= 15 is 0 Å². The van der Waals surface area contributed by atoms with Gasteiger partial charge < -0.3 is 15.4 Å². The van der Waals surface area contributed by atoms with E-state index in [2.05, 4.69) is 10.3 Å². The Labute approximate surface area is 158 Å². The van der Waals surface area contributed by atoms with Crippen molar-refractivity contribution in [2.24, 2.45) is 0 Å². The number of halogens is 2. The fourth-order valence-electron chi connectivity index (χ4n) is 3.37. The lowest BCUT2D eigenvalue weighted by atomic mass is 9.93. The maximum absolute atomic E-state index is 14.4. The molecule has 3 aromatic rings. The first-order valence-electron chi connectivity index (χ1n) is 8.40. The van der Waals surface area contributed by atoms with Crippen LogP contribution in [0, 0.1) is 18.6 Å². The molecule has 0 unspecified atom stereocenters. The van der Waals surface area contributed by atoms with Gasteiger partial charge in [0.05, 0.1) is 16.8 Å². The van der Waals surface area contributed by atoms with Crippen LogP contribution in [0.2, 0.25) is 0 Å². The van der Waals surface area contributed by atoms with Gasteiger partial charge >= 0.3 is 5.97 Å². The zero-order valence-electron chi connectivity index (χ0n) is 14.6. The third kappa shape index (κ3) is 2.77. The molecular formula is C21H14F2N2O3. The first kappa shape index (κ1) is 17.7. The molecule has 5 nitrogen and oxygen atoms in total. The second kappa shape index (κ2) is 6.45. The van der Waals surface area contributed by atoms with Crippen molar-refractivity contribution in [3.05, 3.63) is 76.6 Å². The number of hydrogen-bond donors (Lipinski definition) is 3. The van der Waals surface area contributed by atoms with Gasteiger partial charge in [-0.15, -0.1) is 0 Å². The van der Waals surface area contributed by atoms with Crippen LogP contribution < -0.4 is 5.32 Å². The van der Waals surface area contributed by atoms with Crippen molar-refractivity contribution in [2.45, 2.75) is 6.92 Å². The van der Waals surface area contributed by atoms with Crippen LogP contribution in [-0.4, -0.2) is 22.0 Å². The minimum absolute atomic E-state index is 0.0142. The fourth-order valence-corrected chi connectivity index (χ4v) is 3.37. The molecule has 1 aliphatic rings. The molecule has 0 saturated carbocycles. The third-order valence-electron chi connectivity index (χ3n) is 4.57. The lowest BCUT2D eigenvalue weighted by Gasteiger charge is -2.10. The molecule has 7 heteroatoms. The average molecular weight is 380 g/mol. The summed E-state index contributed by atoms with van der Waals surface area (Å²) in [5, 5.41) is 12.1. The Kier molecular flexibility index (Phi) is 4.07. The molecule has 1 aliphatic heterocycles. The minimum atomic E-state index is -1.14. The van der Waals surface area contributed by atoms with E-state index in [-0.39, 0.29) is 22.4 Å². The Hall–Kier alpha value is -3.74. The van der Waals surface area contributed by atoms with Crippen LogP contribution in [0.15, 0.2) is 42.5 Å². The van der Waals surface area contributed by atoms with Crippen LogP contribution in [0.5, 0.6) is 0 Å². The first-order valence-corrected chi connectivity index (χ1v) is 8.40. The fraction of sp³-hybridized carbons (Fsp3) is 0.0476. The van der Waals surface area contributed by atoms with Crippen molar-refractivity contribution in [1.29, 1.82) is 0 Å². The number of aromatic carboxylic acids is 1. The molecule has 28 heavy (non-hydrogen) atoms. The number of fused-ring (bicyclic) bond motifs is 1. The van der Waals surface area contributed by atoms with Gasteiger partial charge in [0.1, 0.15) is 0 Å². The number of carboxylic acid groups (broad SMARTS) is 1. The second-order valence-corrected chi connectivity index (χ2v) is 6.43. The molecule has 3 N–H and O–H groups in total. The molecule has 0 fully saturated rings. The summed E-state index contributed by atoms with van der Waals surface area (Å²) < 4.78 is 28.1. The summed E-state index contributed by atoms with van der Waals surface area (Å²) in [7, 11) is 0. The predicted molar refractivity (Wildman–Crippen MR) is 101 cm³/mol. The standard InChI is InChI=1S/C21H14F2N2O3/c1-10-8-13(21(27)28)17(24-10)9-14-18-11(4-3-7-16(18)25-20(14)26)12-5-2-6-15(22)19(12)23/h2-9,24H,1H3,(H,25,26)(H,27,28)/b14-9-. The average Bonchev–Trinajstić information content (AvgIpc) is 3.17. The summed E-state index contributed by atoms with van der Waals surface area (Å²) in [5.74, 6) is -3.61. The van der Waals surface area contributed by atoms with Crippen molar-refractivity contribution in [3.63, 3.8) is 0 Å². The Bertz CT molecular complexity index is 1180. The Morgan fingerprint density at radius 2 is 1.82 bits per heavy atom. The van der Waals surface area contributed by atoms with Gasteiger partial charge in [0.2, 0.25) is 0 Å². The number of aromatic amines is 1. The molecule has 4 rings (SSSR count). The quantitative estimate of drug-likeness (QED) is 0.587. The van der Waals surface area contributed by atoms with E-state index in [1.165, 1.54) is 24.3 Å². The monoisotopic (exact) mass is 380 g/mol. The SMILES string of the molecule is Cc1cc(C(=O)O)c(/C=C2\C(=O)Nc3cccc(-c4cccc(F)c4F)c32)[nH]1. The summed E-state index contributed by atoms with van der Waals surface area (Å²) >= 11 is 0. The first-order chi connectivity index (χ1) is 13.4. The minimum Gasteiger partial charge on any atom is -0.478 e. The molecular weight excluding hydrogens is 366 g/mol. The highest BCUT2D eigenvalue weighted by atomic mass is 19.2. The second-order valence-electron chi connectivity index (χ2n) is 6.43. The number of hydrogen-bond acceptors (Lipinski definition) is 2. The molecule has 1 aromatic heterocycles. The largest absolute Gasteiger partial charge is 0.478 e. The lowest BCUT2D eigenvalue weighted by molar-refractivity contribution is -0.110. The highest BCUT2D eigenvalue weighted by molar-refractivity contribution is 6.36. The maximum Gasteiger partial charge on any atom is 0.337 e.